The predicted octanol–water partition coefficient (Wildman–Crippen LogP) is 2.85. The Hall–Kier alpha value is -0.960. The zero-order valence-electron chi connectivity index (χ0n) is 14.8. The highest BCUT2D eigenvalue weighted by atomic mass is 16.1. The fourth-order valence-electron chi connectivity index (χ4n) is 9.62. The Labute approximate surface area is 143 Å². The molecule has 6 saturated carbocycles. The molecule has 0 radical (unpaired) electrons. The number of hydrogen-bond donors (Lipinski definition) is 0. The number of piperidine rings is 1. The van der Waals surface area contributed by atoms with Gasteiger partial charge in [-0.1, -0.05) is 19.1 Å². The van der Waals surface area contributed by atoms with Crippen LogP contribution in [-0.2, 0) is 9.59 Å². The second kappa shape index (κ2) is 3.75. The summed E-state index contributed by atoms with van der Waals surface area (Å²) in [5.74, 6) is 2.90. The summed E-state index contributed by atoms with van der Waals surface area (Å²) in [6.07, 6.45) is 5.54. The molecule has 6 bridgehead atoms. The van der Waals surface area contributed by atoms with Crippen LogP contribution < -0.4 is 0 Å². The van der Waals surface area contributed by atoms with Crippen molar-refractivity contribution in [2.75, 3.05) is 13.6 Å². The van der Waals surface area contributed by atoms with Crippen molar-refractivity contribution in [2.45, 2.75) is 51.5 Å². The normalized spacial score (nSPS) is 60.8. The fourth-order valence-corrected chi connectivity index (χ4v) is 9.62. The minimum absolute atomic E-state index is 0.0491. The average Bonchev–Trinajstić information content (AvgIpc) is 2.55. The van der Waals surface area contributed by atoms with Gasteiger partial charge in [0, 0.05) is 43.2 Å². The van der Waals surface area contributed by atoms with E-state index >= 15 is 0 Å². The molecule has 0 aromatic carbocycles. The van der Waals surface area contributed by atoms with E-state index in [0.717, 1.165) is 19.4 Å². The van der Waals surface area contributed by atoms with Crippen molar-refractivity contribution in [1.82, 2.24) is 4.90 Å². The van der Waals surface area contributed by atoms with Crippen LogP contribution in [0.3, 0.4) is 0 Å². The van der Waals surface area contributed by atoms with Gasteiger partial charge in [0.2, 0.25) is 0 Å². The first kappa shape index (κ1) is 14.2. The van der Waals surface area contributed by atoms with Crippen LogP contribution in [0.25, 0.3) is 0 Å². The second-order valence-corrected chi connectivity index (χ2v) is 10.5. The van der Waals surface area contributed by atoms with Gasteiger partial charge in [-0.15, -0.1) is 0 Å². The molecule has 7 fully saturated rings. The standard InChI is InChI=1S/C21H27NO2/c1-11-6-20-9-15(24)17-19(2)7-13(23)8-21(17)16(20)5-12(11)4-14(20)18(21)22(3)10-19/h12,14,16-18H,1,4-10H2,2-3H3/t12-,14+,16+,17-,18+,19-,20-,21+/m0/s1. The van der Waals surface area contributed by atoms with E-state index in [2.05, 4.69) is 25.5 Å². The van der Waals surface area contributed by atoms with E-state index in [9.17, 15) is 9.59 Å². The third-order valence-corrected chi connectivity index (χ3v) is 9.45. The Kier molecular flexibility index (Phi) is 2.22. The summed E-state index contributed by atoms with van der Waals surface area (Å²) in [5.41, 5.74) is 1.36. The molecule has 6 aliphatic carbocycles. The third-order valence-electron chi connectivity index (χ3n) is 9.45. The van der Waals surface area contributed by atoms with Crippen LogP contribution >= 0.6 is 0 Å². The summed E-state index contributed by atoms with van der Waals surface area (Å²) in [6, 6.07) is 0.453. The highest BCUT2D eigenvalue weighted by Gasteiger charge is 2.81. The van der Waals surface area contributed by atoms with Gasteiger partial charge in [-0.05, 0) is 54.9 Å². The molecular weight excluding hydrogens is 298 g/mol. The molecule has 1 aliphatic heterocycles. The first-order chi connectivity index (χ1) is 11.3. The minimum Gasteiger partial charge on any atom is -0.302 e. The average molecular weight is 325 g/mol. The molecule has 7 aliphatic rings. The Morgan fingerprint density at radius 2 is 1.92 bits per heavy atom. The van der Waals surface area contributed by atoms with Crippen molar-refractivity contribution >= 4 is 11.6 Å². The molecule has 0 N–H and O–H groups in total. The first-order valence-corrected chi connectivity index (χ1v) is 9.74. The molecule has 1 heterocycles. The number of carbonyl (C=O) groups is 2. The van der Waals surface area contributed by atoms with Gasteiger partial charge in [-0.25, -0.2) is 0 Å². The largest absolute Gasteiger partial charge is 0.302 e. The number of likely N-dealkylation sites (tertiary alicyclic amines) is 1. The van der Waals surface area contributed by atoms with Gasteiger partial charge in [0.1, 0.15) is 11.6 Å². The number of rotatable bonds is 0. The molecule has 0 unspecified atom stereocenters. The zero-order valence-corrected chi connectivity index (χ0v) is 14.8. The summed E-state index contributed by atoms with van der Waals surface area (Å²) in [4.78, 5) is 28.9. The van der Waals surface area contributed by atoms with E-state index in [1.807, 2.05) is 0 Å². The number of fused-ring (bicyclic) bond motifs is 1. The van der Waals surface area contributed by atoms with E-state index in [1.165, 1.54) is 18.4 Å². The van der Waals surface area contributed by atoms with Crippen LogP contribution in [-0.4, -0.2) is 36.1 Å². The third kappa shape index (κ3) is 1.20. The van der Waals surface area contributed by atoms with Crippen LogP contribution in [0.4, 0.5) is 0 Å². The van der Waals surface area contributed by atoms with Gasteiger partial charge in [0.25, 0.3) is 0 Å². The number of ketones is 2. The number of Topliss-reactive ketones (excluding diaryl/α,β-unsaturated/α-hetero) is 2. The number of hydrogen-bond acceptors (Lipinski definition) is 3. The lowest BCUT2D eigenvalue weighted by atomic mass is 9.39. The molecule has 7 rings (SSSR count). The predicted molar refractivity (Wildman–Crippen MR) is 90.2 cm³/mol. The lowest BCUT2D eigenvalue weighted by molar-refractivity contribution is -0.186. The molecule has 0 aromatic rings. The van der Waals surface area contributed by atoms with Gasteiger partial charge in [-0.3, -0.25) is 9.59 Å². The maximum Gasteiger partial charge on any atom is 0.137 e. The maximum atomic E-state index is 13.5. The Balaban J connectivity index is 1.66. The topological polar surface area (TPSA) is 37.4 Å². The summed E-state index contributed by atoms with van der Waals surface area (Å²) in [7, 11) is 2.27. The molecule has 1 saturated heterocycles. The summed E-state index contributed by atoms with van der Waals surface area (Å²) < 4.78 is 0. The van der Waals surface area contributed by atoms with E-state index in [0.29, 0.717) is 48.2 Å². The first-order valence-electron chi connectivity index (χ1n) is 9.74. The Morgan fingerprint density at radius 3 is 2.71 bits per heavy atom. The van der Waals surface area contributed by atoms with Crippen LogP contribution in [0.1, 0.15) is 45.4 Å². The maximum absolute atomic E-state index is 13.5. The fraction of sp³-hybridized carbons (Fsp3) is 0.810. The smallest absolute Gasteiger partial charge is 0.137 e. The van der Waals surface area contributed by atoms with Gasteiger partial charge >= 0.3 is 0 Å². The van der Waals surface area contributed by atoms with Crippen molar-refractivity contribution in [3.63, 3.8) is 0 Å². The van der Waals surface area contributed by atoms with E-state index in [-0.39, 0.29) is 22.2 Å². The number of nitrogens with zero attached hydrogens (tertiary/aromatic N) is 1. The Bertz CT molecular complexity index is 727. The van der Waals surface area contributed by atoms with E-state index in [1.54, 1.807) is 0 Å². The highest BCUT2D eigenvalue weighted by Crippen LogP contribution is 2.81. The monoisotopic (exact) mass is 325 g/mol. The van der Waals surface area contributed by atoms with Crippen LogP contribution in [0.2, 0.25) is 0 Å². The molecule has 3 nitrogen and oxygen atoms in total. The lowest BCUT2D eigenvalue weighted by Gasteiger charge is -2.65. The minimum atomic E-state index is -0.132. The molecule has 2 spiro atoms. The number of carbonyl (C=O) groups excluding carboxylic acids is 2. The summed E-state index contributed by atoms with van der Waals surface area (Å²) >= 11 is 0. The molecule has 0 amide bonds. The second-order valence-electron chi connectivity index (χ2n) is 10.5. The highest BCUT2D eigenvalue weighted by molar-refractivity contribution is 5.92. The Morgan fingerprint density at radius 1 is 1.12 bits per heavy atom. The zero-order chi connectivity index (χ0) is 16.6. The van der Waals surface area contributed by atoms with Crippen molar-refractivity contribution < 1.29 is 9.59 Å². The van der Waals surface area contributed by atoms with Crippen molar-refractivity contribution in [3.8, 4) is 0 Å². The van der Waals surface area contributed by atoms with Gasteiger partial charge in [-0.2, -0.15) is 0 Å². The van der Waals surface area contributed by atoms with Gasteiger partial charge in [0.05, 0.1) is 0 Å². The van der Waals surface area contributed by atoms with Gasteiger partial charge in [0.15, 0.2) is 0 Å². The van der Waals surface area contributed by atoms with Crippen molar-refractivity contribution in [3.05, 3.63) is 12.2 Å². The summed E-state index contributed by atoms with van der Waals surface area (Å²) in [6.45, 7) is 7.54. The molecule has 0 aromatic heterocycles. The molecule has 8 atom stereocenters. The SMILES string of the molecule is C=C1C[C@@]23CC(=O)[C@H]4[C@@]5(C)CC(=O)C[C@@]46[C@@H]2C[C@@H]1C[C@@H]3[C@H]6N(C)C5. The van der Waals surface area contributed by atoms with E-state index in [4.69, 9.17) is 0 Å². The number of allylic oxidation sites excluding steroid dienone is 1. The van der Waals surface area contributed by atoms with Crippen molar-refractivity contribution in [1.29, 1.82) is 0 Å². The molecule has 128 valence electrons. The summed E-state index contributed by atoms with van der Waals surface area (Å²) in [5, 5.41) is 0. The van der Waals surface area contributed by atoms with Crippen molar-refractivity contribution in [2.24, 2.45) is 39.9 Å². The van der Waals surface area contributed by atoms with Crippen LogP contribution in [0, 0.1) is 39.9 Å². The van der Waals surface area contributed by atoms with E-state index < -0.39 is 0 Å². The molecular formula is C21H27NO2. The van der Waals surface area contributed by atoms with Crippen LogP contribution in [0.15, 0.2) is 12.2 Å². The van der Waals surface area contributed by atoms with Crippen LogP contribution in [0.5, 0.6) is 0 Å². The lowest BCUT2D eigenvalue weighted by Crippen LogP contribution is -2.69. The molecule has 3 heteroatoms. The molecule has 24 heavy (non-hydrogen) atoms. The quantitative estimate of drug-likeness (QED) is 0.643. The van der Waals surface area contributed by atoms with Gasteiger partial charge < -0.3 is 4.90 Å².